The highest BCUT2D eigenvalue weighted by Gasteiger charge is 2.08. The number of nitrogens with two attached hydrogens (primary N) is 1. The van der Waals surface area contributed by atoms with Crippen molar-refractivity contribution in [3.05, 3.63) is 60.7 Å². The molecule has 0 aliphatic rings. The van der Waals surface area contributed by atoms with Gasteiger partial charge in [-0.2, -0.15) is 10.2 Å². The Morgan fingerprint density at radius 3 is 2.92 bits per heavy atom. The number of benzene rings is 1. The first-order valence-corrected chi connectivity index (χ1v) is 9.03. The van der Waals surface area contributed by atoms with E-state index in [0.717, 1.165) is 32.9 Å². The molecule has 0 saturated heterocycles. The van der Waals surface area contributed by atoms with Crippen LogP contribution >= 0.6 is 11.9 Å². The Hall–Kier alpha value is -2.84. The van der Waals surface area contributed by atoms with E-state index >= 15 is 0 Å². The van der Waals surface area contributed by atoms with Gasteiger partial charge in [0.05, 0.1) is 28.5 Å². The number of hydrogen-bond donors (Lipinski definition) is 2. The van der Waals surface area contributed by atoms with Crippen LogP contribution in [-0.4, -0.2) is 24.5 Å². The molecule has 0 aliphatic heterocycles. The first kappa shape index (κ1) is 16.6. The fourth-order valence-corrected chi connectivity index (χ4v) is 3.40. The monoisotopic (exact) mass is 365 g/mol. The molecule has 132 valence electrons. The van der Waals surface area contributed by atoms with E-state index in [1.165, 1.54) is 11.9 Å². The molecule has 3 heterocycles. The van der Waals surface area contributed by atoms with Gasteiger partial charge in [0, 0.05) is 30.9 Å². The van der Waals surface area contributed by atoms with Gasteiger partial charge in [0.25, 0.3) is 0 Å². The zero-order valence-corrected chi connectivity index (χ0v) is 15.3. The Morgan fingerprint density at radius 1 is 1.19 bits per heavy atom. The third kappa shape index (κ3) is 3.16. The molecule has 0 amide bonds. The minimum atomic E-state index is -0.0396. The van der Waals surface area contributed by atoms with Crippen LogP contribution in [0.3, 0.4) is 0 Å². The van der Waals surface area contributed by atoms with Crippen molar-refractivity contribution in [3.8, 4) is 5.82 Å². The fourth-order valence-electron chi connectivity index (χ4n) is 2.76. The zero-order chi connectivity index (χ0) is 18.1. The molecule has 0 bridgehead atoms. The van der Waals surface area contributed by atoms with Crippen molar-refractivity contribution in [1.82, 2.24) is 24.5 Å². The highest BCUT2D eigenvalue weighted by atomic mass is 32.2. The molecule has 4 aromatic rings. The lowest BCUT2D eigenvalue weighted by molar-refractivity contribution is 0.796. The van der Waals surface area contributed by atoms with Gasteiger partial charge in [-0.1, -0.05) is 12.1 Å². The Kier molecular flexibility index (Phi) is 4.36. The van der Waals surface area contributed by atoms with Gasteiger partial charge in [0.15, 0.2) is 5.82 Å². The summed E-state index contributed by atoms with van der Waals surface area (Å²) in [5.41, 5.74) is 9.06. The predicted molar refractivity (Wildman–Crippen MR) is 104 cm³/mol. The van der Waals surface area contributed by atoms with Crippen molar-refractivity contribution >= 4 is 28.5 Å². The van der Waals surface area contributed by atoms with Crippen LogP contribution in [0.2, 0.25) is 0 Å². The van der Waals surface area contributed by atoms with Crippen LogP contribution in [0.15, 0.2) is 60.0 Å². The Morgan fingerprint density at radius 2 is 2.08 bits per heavy atom. The zero-order valence-electron chi connectivity index (χ0n) is 14.5. The number of aryl methyl sites for hydroxylation is 1. The van der Waals surface area contributed by atoms with E-state index in [1.807, 2.05) is 61.4 Å². The van der Waals surface area contributed by atoms with Crippen LogP contribution in [0, 0.1) is 0 Å². The van der Waals surface area contributed by atoms with Crippen molar-refractivity contribution < 1.29 is 0 Å². The quantitative estimate of drug-likeness (QED) is 0.528. The van der Waals surface area contributed by atoms with E-state index < -0.39 is 0 Å². The molecule has 8 heteroatoms. The van der Waals surface area contributed by atoms with Crippen LogP contribution < -0.4 is 10.5 Å². The molecule has 0 radical (unpaired) electrons. The van der Waals surface area contributed by atoms with Crippen molar-refractivity contribution in [1.29, 1.82) is 0 Å². The largest absolute Gasteiger partial charge is 0.324 e. The van der Waals surface area contributed by atoms with Crippen LogP contribution in [0.5, 0.6) is 0 Å². The van der Waals surface area contributed by atoms with Gasteiger partial charge in [-0.15, -0.1) is 0 Å². The topological polar surface area (TPSA) is 86.6 Å². The smallest absolute Gasteiger partial charge is 0.153 e. The van der Waals surface area contributed by atoms with Crippen LogP contribution in [0.1, 0.15) is 18.5 Å². The van der Waals surface area contributed by atoms with Gasteiger partial charge >= 0.3 is 0 Å². The molecule has 1 atom stereocenters. The van der Waals surface area contributed by atoms with Crippen molar-refractivity contribution in [2.24, 2.45) is 12.8 Å². The van der Waals surface area contributed by atoms with Gasteiger partial charge in [-0.3, -0.25) is 4.68 Å². The second kappa shape index (κ2) is 6.81. The molecule has 0 aliphatic carbocycles. The second-order valence-electron chi connectivity index (χ2n) is 6.07. The number of pyridine rings is 1. The Balaban J connectivity index is 1.54. The number of anilines is 1. The lowest BCUT2D eigenvalue weighted by Crippen LogP contribution is -2.07. The van der Waals surface area contributed by atoms with E-state index in [4.69, 9.17) is 5.73 Å². The van der Waals surface area contributed by atoms with Gasteiger partial charge in [0.1, 0.15) is 0 Å². The summed E-state index contributed by atoms with van der Waals surface area (Å²) in [6, 6.07) is 9.93. The number of aromatic nitrogens is 5. The number of nitrogens with one attached hydrogen (secondary N) is 1. The molecule has 3 N–H and O–H groups in total. The average Bonchev–Trinajstić information content (AvgIpc) is 3.28. The van der Waals surface area contributed by atoms with E-state index in [-0.39, 0.29) is 6.04 Å². The Labute approximate surface area is 155 Å². The SMILES string of the molecule is CC(N)c1ccnc(-n2cc(SNc3cccc4cnn(C)c34)cn2)c1. The first-order chi connectivity index (χ1) is 12.6. The van der Waals surface area contributed by atoms with Crippen LogP contribution in [0.25, 0.3) is 16.7 Å². The molecule has 26 heavy (non-hydrogen) atoms. The summed E-state index contributed by atoms with van der Waals surface area (Å²) in [5.74, 6) is 0.750. The summed E-state index contributed by atoms with van der Waals surface area (Å²) in [6.45, 7) is 1.95. The number of para-hydroxylation sites is 1. The molecule has 4 rings (SSSR count). The molecule has 7 nitrogen and oxygen atoms in total. The molecule has 3 aromatic heterocycles. The van der Waals surface area contributed by atoms with Crippen molar-refractivity contribution in [2.75, 3.05) is 4.72 Å². The van der Waals surface area contributed by atoms with Gasteiger partial charge in [-0.05, 0) is 42.6 Å². The van der Waals surface area contributed by atoms with Gasteiger partial charge < -0.3 is 10.5 Å². The molecule has 0 fully saturated rings. The standard InChI is InChI=1S/C18H19N7S/c1-12(19)13-6-7-20-17(8-13)25-11-15(10-22-25)26-23-16-5-3-4-14-9-21-24(2)18(14)16/h3-12,23H,19H2,1-2H3. The lowest BCUT2D eigenvalue weighted by Gasteiger charge is -2.07. The maximum Gasteiger partial charge on any atom is 0.153 e. The molecule has 1 unspecified atom stereocenters. The summed E-state index contributed by atoms with van der Waals surface area (Å²) in [7, 11) is 1.94. The second-order valence-corrected chi connectivity index (χ2v) is 6.95. The number of fused-ring (bicyclic) bond motifs is 1. The van der Waals surface area contributed by atoms with E-state index in [2.05, 4.69) is 19.9 Å². The summed E-state index contributed by atoms with van der Waals surface area (Å²) < 4.78 is 7.00. The van der Waals surface area contributed by atoms with Gasteiger partial charge in [-0.25, -0.2) is 9.67 Å². The molecular formula is C18H19N7S. The molecular weight excluding hydrogens is 346 g/mol. The molecule has 0 saturated carbocycles. The van der Waals surface area contributed by atoms with Crippen molar-refractivity contribution in [2.45, 2.75) is 17.9 Å². The van der Waals surface area contributed by atoms with Gasteiger partial charge in [0.2, 0.25) is 0 Å². The normalized spacial score (nSPS) is 12.4. The van der Waals surface area contributed by atoms with E-state index in [0.29, 0.717) is 0 Å². The highest BCUT2D eigenvalue weighted by molar-refractivity contribution is 8.00. The fraction of sp³-hybridized carbons (Fsp3) is 0.167. The third-order valence-corrected chi connectivity index (χ3v) is 4.90. The summed E-state index contributed by atoms with van der Waals surface area (Å²) >= 11 is 1.50. The number of nitrogens with zero attached hydrogens (tertiary/aromatic N) is 5. The predicted octanol–water partition coefficient (Wildman–Crippen LogP) is 3.29. The number of hydrogen-bond acceptors (Lipinski definition) is 6. The maximum absolute atomic E-state index is 5.95. The van der Waals surface area contributed by atoms with Crippen LogP contribution in [0.4, 0.5) is 5.69 Å². The minimum Gasteiger partial charge on any atom is -0.324 e. The third-order valence-electron chi connectivity index (χ3n) is 4.13. The van der Waals surface area contributed by atoms with Crippen molar-refractivity contribution in [3.63, 3.8) is 0 Å². The summed E-state index contributed by atoms with van der Waals surface area (Å²) in [6.07, 6.45) is 7.36. The highest BCUT2D eigenvalue weighted by Crippen LogP contribution is 2.27. The maximum atomic E-state index is 5.95. The minimum absolute atomic E-state index is 0.0396. The summed E-state index contributed by atoms with van der Waals surface area (Å²) in [4.78, 5) is 5.36. The molecule has 1 aromatic carbocycles. The molecule has 0 spiro atoms. The summed E-state index contributed by atoms with van der Waals surface area (Å²) in [5, 5.41) is 9.82. The lowest BCUT2D eigenvalue weighted by atomic mass is 10.1. The number of rotatable bonds is 5. The average molecular weight is 365 g/mol. The van der Waals surface area contributed by atoms with E-state index in [9.17, 15) is 0 Å². The Bertz CT molecular complexity index is 1050. The van der Waals surface area contributed by atoms with Crippen LogP contribution in [-0.2, 0) is 7.05 Å². The first-order valence-electron chi connectivity index (χ1n) is 8.22. The van der Waals surface area contributed by atoms with E-state index in [1.54, 1.807) is 17.1 Å².